The Morgan fingerprint density at radius 3 is 2.46 bits per heavy atom. The van der Waals surface area contributed by atoms with E-state index in [-0.39, 0.29) is 6.10 Å². The van der Waals surface area contributed by atoms with E-state index in [1.54, 1.807) is 14.2 Å². The molecule has 24 heavy (non-hydrogen) atoms. The van der Waals surface area contributed by atoms with Crippen molar-refractivity contribution in [1.82, 2.24) is 10.6 Å². The van der Waals surface area contributed by atoms with Crippen LogP contribution in [0.15, 0.2) is 29.3 Å². The Balaban J connectivity index is 2.21. The Hall–Kier alpha value is -1.79. The molecule has 1 aromatic rings. The lowest BCUT2D eigenvalue weighted by Gasteiger charge is -2.13. The van der Waals surface area contributed by atoms with Crippen molar-refractivity contribution < 1.29 is 14.2 Å². The highest BCUT2D eigenvalue weighted by Crippen LogP contribution is 2.13. The van der Waals surface area contributed by atoms with Crippen LogP contribution in [0.3, 0.4) is 0 Å². The van der Waals surface area contributed by atoms with E-state index in [2.05, 4.69) is 27.8 Å². The van der Waals surface area contributed by atoms with Crippen molar-refractivity contribution in [2.45, 2.75) is 32.9 Å². The topological polar surface area (TPSA) is 64.1 Å². The first-order valence-electron chi connectivity index (χ1n) is 8.42. The maximum atomic E-state index is 5.64. The molecule has 0 amide bonds. The van der Waals surface area contributed by atoms with Gasteiger partial charge < -0.3 is 24.8 Å². The van der Waals surface area contributed by atoms with Gasteiger partial charge in [0.25, 0.3) is 0 Å². The fraction of sp³-hybridized carbons (Fsp3) is 0.611. The van der Waals surface area contributed by atoms with E-state index in [0.29, 0.717) is 26.4 Å². The number of hydrogen-bond donors (Lipinski definition) is 2. The number of nitrogens with zero attached hydrogens (tertiary/aromatic N) is 1. The van der Waals surface area contributed by atoms with E-state index in [0.717, 1.165) is 24.7 Å². The fourth-order valence-electron chi connectivity index (χ4n) is 1.99. The molecule has 2 N–H and O–H groups in total. The van der Waals surface area contributed by atoms with Gasteiger partial charge in [0.2, 0.25) is 0 Å². The molecule has 1 aromatic carbocycles. The standard InChI is InChI=1S/C18H31N3O3/c1-15(2)24-17-8-6-16(7-9-17)14-21-18(19-3)20-10-5-11-23-13-12-22-4/h6-9,15H,5,10-14H2,1-4H3,(H2,19,20,21). The summed E-state index contributed by atoms with van der Waals surface area (Å²) in [6, 6.07) is 8.10. The second-order valence-electron chi connectivity index (χ2n) is 5.62. The number of benzene rings is 1. The molecule has 0 fully saturated rings. The van der Waals surface area contributed by atoms with Crippen molar-refractivity contribution in [1.29, 1.82) is 0 Å². The molecule has 0 unspecified atom stereocenters. The van der Waals surface area contributed by atoms with E-state index in [1.165, 1.54) is 5.56 Å². The minimum atomic E-state index is 0.190. The molecular weight excluding hydrogens is 306 g/mol. The van der Waals surface area contributed by atoms with Crippen LogP contribution in [0.25, 0.3) is 0 Å². The third kappa shape index (κ3) is 9.37. The minimum absolute atomic E-state index is 0.190. The molecule has 0 heterocycles. The smallest absolute Gasteiger partial charge is 0.191 e. The fourth-order valence-corrected chi connectivity index (χ4v) is 1.99. The maximum absolute atomic E-state index is 5.64. The molecule has 136 valence electrons. The third-order valence-corrected chi connectivity index (χ3v) is 3.17. The summed E-state index contributed by atoms with van der Waals surface area (Å²) >= 11 is 0. The van der Waals surface area contributed by atoms with Gasteiger partial charge in [-0.1, -0.05) is 12.1 Å². The van der Waals surface area contributed by atoms with Crippen LogP contribution in [-0.4, -0.2) is 52.6 Å². The zero-order chi connectivity index (χ0) is 17.6. The molecule has 0 bridgehead atoms. The van der Waals surface area contributed by atoms with Crippen LogP contribution in [0.1, 0.15) is 25.8 Å². The summed E-state index contributed by atoms with van der Waals surface area (Å²) in [4.78, 5) is 4.22. The Labute approximate surface area is 145 Å². The number of nitrogens with one attached hydrogen (secondary N) is 2. The second kappa shape index (κ2) is 12.6. The number of aliphatic imine (C=N–C) groups is 1. The Morgan fingerprint density at radius 1 is 1.08 bits per heavy atom. The van der Waals surface area contributed by atoms with Crippen LogP contribution in [0.5, 0.6) is 5.75 Å². The van der Waals surface area contributed by atoms with Crippen molar-refractivity contribution in [2.24, 2.45) is 4.99 Å². The first-order valence-corrected chi connectivity index (χ1v) is 8.42. The van der Waals surface area contributed by atoms with E-state index in [1.807, 2.05) is 26.0 Å². The van der Waals surface area contributed by atoms with Gasteiger partial charge in [0.15, 0.2) is 5.96 Å². The predicted molar refractivity (Wildman–Crippen MR) is 97.7 cm³/mol. The van der Waals surface area contributed by atoms with Crippen LogP contribution in [0.4, 0.5) is 0 Å². The zero-order valence-electron chi connectivity index (χ0n) is 15.3. The summed E-state index contributed by atoms with van der Waals surface area (Å²) in [6.45, 7) is 7.56. The van der Waals surface area contributed by atoms with Gasteiger partial charge in [-0.3, -0.25) is 4.99 Å². The van der Waals surface area contributed by atoms with Crippen LogP contribution >= 0.6 is 0 Å². The second-order valence-corrected chi connectivity index (χ2v) is 5.62. The average molecular weight is 337 g/mol. The molecule has 0 saturated carbocycles. The summed E-state index contributed by atoms with van der Waals surface area (Å²) in [6.07, 6.45) is 1.11. The van der Waals surface area contributed by atoms with Gasteiger partial charge in [0, 0.05) is 33.9 Å². The lowest BCUT2D eigenvalue weighted by Crippen LogP contribution is -2.37. The van der Waals surface area contributed by atoms with Crippen molar-refractivity contribution in [3.05, 3.63) is 29.8 Å². The van der Waals surface area contributed by atoms with Crippen molar-refractivity contribution in [3.8, 4) is 5.75 Å². The number of rotatable bonds is 11. The average Bonchev–Trinajstić information content (AvgIpc) is 2.57. The normalized spacial score (nSPS) is 11.6. The molecule has 0 spiro atoms. The summed E-state index contributed by atoms with van der Waals surface area (Å²) in [5, 5.41) is 6.57. The van der Waals surface area contributed by atoms with Crippen molar-refractivity contribution >= 4 is 5.96 Å². The Bertz CT molecular complexity index is 461. The summed E-state index contributed by atoms with van der Waals surface area (Å²) < 4.78 is 16.0. The van der Waals surface area contributed by atoms with Crippen LogP contribution in [0.2, 0.25) is 0 Å². The number of guanidine groups is 1. The van der Waals surface area contributed by atoms with Crippen LogP contribution in [-0.2, 0) is 16.0 Å². The lowest BCUT2D eigenvalue weighted by molar-refractivity contribution is 0.0698. The first kappa shape index (κ1) is 20.3. The zero-order valence-corrected chi connectivity index (χ0v) is 15.3. The Kier molecular flexibility index (Phi) is 10.6. The largest absolute Gasteiger partial charge is 0.491 e. The Morgan fingerprint density at radius 2 is 1.83 bits per heavy atom. The number of methoxy groups -OCH3 is 1. The van der Waals surface area contributed by atoms with E-state index in [9.17, 15) is 0 Å². The quantitative estimate of drug-likeness (QED) is 0.368. The summed E-state index contributed by atoms with van der Waals surface area (Å²) in [7, 11) is 3.44. The van der Waals surface area contributed by atoms with E-state index in [4.69, 9.17) is 14.2 Å². The third-order valence-electron chi connectivity index (χ3n) is 3.17. The van der Waals surface area contributed by atoms with Gasteiger partial charge in [0.05, 0.1) is 19.3 Å². The predicted octanol–water partition coefficient (Wildman–Crippen LogP) is 2.19. The molecule has 0 aliphatic rings. The number of hydrogen-bond acceptors (Lipinski definition) is 4. The monoisotopic (exact) mass is 337 g/mol. The highest BCUT2D eigenvalue weighted by atomic mass is 16.5. The lowest BCUT2D eigenvalue weighted by atomic mass is 10.2. The van der Waals surface area contributed by atoms with Gasteiger partial charge in [-0.25, -0.2) is 0 Å². The molecule has 0 radical (unpaired) electrons. The summed E-state index contributed by atoms with van der Waals surface area (Å²) in [5.74, 6) is 1.68. The van der Waals surface area contributed by atoms with Crippen LogP contribution < -0.4 is 15.4 Å². The summed E-state index contributed by atoms with van der Waals surface area (Å²) in [5.41, 5.74) is 1.18. The highest BCUT2D eigenvalue weighted by Gasteiger charge is 2.00. The maximum Gasteiger partial charge on any atom is 0.191 e. The van der Waals surface area contributed by atoms with E-state index >= 15 is 0 Å². The van der Waals surface area contributed by atoms with E-state index < -0.39 is 0 Å². The van der Waals surface area contributed by atoms with Crippen molar-refractivity contribution in [2.75, 3.05) is 40.5 Å². The first-order chi connectivity index (χ1) is 11.7. The molecule has 0 aliphatic heterocycles. The van der Waals surface area contributed by atoms with Crippen LogP contribution in [0, 0.1) is 0 Å². The van der Waals surface area contributed by atoms with Crippen molar-refractivity contribution in [3.63, 3.8) is 0 Å². The molecule has 6 heteroatoms. The molecule has 0 atom stereocenters. The van der Waals surface area contributed by atoms with Gasteiger partial charge in [-0.15, -0.1) is 0 Å². The molecule has 1 rings (SSSR count). The molecule has 6 nitrogen and oxygen atoms in total. The van der Waals surface area contributed by atoms with Gasteiger partial charge in [0.1, 0.15) is 5.75 Å². The molecule has 0 aliphatic carbocycles. The van der Waals surface area contributed by atoms with Gasteiger partial charge >= 0.3 is 0 Å². The highest BCUT2D eigenvalue weighted by molar-refractivity contribution is 5.79. The van der Waals surface area contributed by atoms with Gasteiger partial charge in [-0.2, -0.15) is 0 Å². The molecular formula is C18H31N3O3. The van der Waals surface area contributed by atoms with Gasteiger partial charge in [-0.05, 0) is 38.0 Å². The molecule has 0 aromatic heterocycles. The number of ether oxygens (including phenoxy) is 3. The molecule has 0 saturated heterocycles. The minimum Gasteiger partial charge on any atom is -0.491 e. The SMILES string of the molecule is CN=C(NCCCOCCOC)NCc1ccc(OC(C)C)cc1.